The van der Waals surface area contributed by atoms with E-state index in [4.69, 9.17) is 0 Å². The highest BCUT2D eigenvalue weighted by atomic mass is 16.2. The smallest absolute Gasteiger partial charge is 0.267 e. The van der Waals surface area contributed by atoms with Crippen LogP contribution in [0.4, 0.5) is 0 Å². The summed E-state index contributed by atoms with van der Waals surface area (Å²) in [6.07, 6.45) is 4.57. The van der Waals surface area contributed by atoms with Crippen LogP contribution in [-0.2, 0) is 0 Å². The van der Waals surface area contributed by atoms with Crippen LogP contribution < -0.4 is 5.43 Å². The molecule has 1 N–H and O–H groups in total. The molecule has 2 aromatic rings. The Morgan fingerprint density at radius 2 is 2.13 bits per heavy atom. The molecule has 0 saturated heterocycles. The lowest BCUT2D eigenvalue weighted by molar-refractivity contribution is 0.101. The van der Waals surface area contributed by atoms with E-state index < -0.39 is 0 Å². The summed E-state index contributed by atoms with van der Waals surface area (Å²) >= 11 is 0. The summed E-state index contributed by atoms with van der Waals surface area (Å²) in [5.74, 6) is 0.401. The molecule has 0 unspecified atom stereocenters. The number of pyridine rings is 1. The van der Waals surface area contributed by atoms with Crippen LogP contribution in [-0.4, -0.2) is 25.8 Å². The lowest BCUT2D eigenvalue weighted by Crippen LogP contribution is -2.23. The van der Waals surface area contributed by atoms with Gasteiger partial charge in [0.1, 0.15) is 12.2 Å². The Balaban J connectivity index is 2.15. The third kappa shape index (κ3) is 1.98. The Hall–Kier alpha value is -2.24. The van der Waals surface area contributed by atoms with Gasteiger partial charge in [-0.1, -0.05) is 0 Å². The zero-order chi connectivity index (χ0) is 10.7. The average Bonchev–Trinajstić information content (AvgIpc) is 2.66. The summed E-state index contributed by atoms with van der Waals surface area (Å²) in [5.41, 5.74) is 3.17. The molecule has 2 rings (SSSR count). The Labute approximate surface area is 85.9 Å². The fourth-order valence-corrected chi connectivity index (χ4v) is 1.08. The molecule has 6 nitrogen and oxygen atoms in total. The number of carbonyl (C=O) groups excluding carboxylic acids is 1. The van der Waals surface area contributed by atoms with Crippen LogP contribution >= 0.6 is 0 Å². The lowest BCUT2D eigenvalue weighted by atomic mass is 10.3. The molecule has 0 saturated carbocycles. The maximum Gasteiger partial charge on any atom is 0.270 e. The number of rotatable bonds is 2. The molecular formula is C9H9N5O. The Bertz CT molecular complexity index is 464. The number of nitrogens with zero attached hydrogens (tertiary/aromatic N) is 4. The third-order valence-electron chi connectivity index (χ3n) is 1.88. The summed E-state index contributed by atoms with van der Waals surface area (Å²) in [7, 11) is 0. The molecule has 2 aromatic heterocycles. The first kappa shape index (κ1) is 9.32. The number of aromatic nitrogens is 4. The number of hydrogen-bond donors (Lipinski definition) is 1. The zero-order valence-corrected chi connectivity index (χ0v) is 8.08. The maximum absolute atomic E-state index is 11.6. The monoisotopic (exact) mass is 203 g/mol. The molecule has 0 aliphatic rings. The van der Waals surface area contributed by atoms with Gasteiger partial charge in [-0.15, -0.1) is 10.2 Å². The van der Waals surface area contributed by atoms with E-state index in [0.29, 0.717) is 11.4 Å². The van der Waals surface area contributed by atoms with Gasteiger partial charge in [0.15, 0.2) is 0 Å². The predicted molar refractivity (Wildman–Crippen MR) is 52.7 cm³/mol. The number of aryl methyl sites for hydroxylation is 1. The molecule has 0 atom stereocenters. The molecule has 0 bridgehead atoms. The lowest BCUT2D eigenvalue weighted by Gasteiger charge is -2.05. The van der Waals surface area contributed by atoms with E-state index in [1.807, 2.05) is 0 Å². The van der Waals surface area contributed by atoms with Gasteiger partial charge in [0.2, 0.25) is 0 Å². The largest absolute Gasteiger partial charge is 0.270 e. The van der Waals surface area contributed by atoms with Crippen molar-refractivity contribution in [1.82, 2.24) is 19.9 Å². The zero-order valence-electron chi connectivity index (χ0n) is 8.08. The summed E-state index contributed by atoms with van der Waals surface area (Å²) in [4.78, 5) is 15.5. The van der Waals surface area contributed by atoms with Crippen molar-refractivity contribution in [3.05, 3.63) is 42.2 Å². The molecule has 0 aromatic carbocycles. The molecule has 0 radical (unpaired) electrons. The van der Waals surface area contributed by atoms with Gasteiger partial charge in [-0.25, -0.2) is 4.68 Å². The number of amides is 1. The molecule has 0 aliphatic heterocycles. The molecule has 6 heteroatoms. The summed E-state index contributed by atoms with van der Waals surface area (Å²) in [5, 5.41) is 7.40. The fourth-order valence-electron chi connectivity index (χ4n) is 1.08. The Morgan fingerprint density at radius 1 is 1.40 bits per heavy atom. The van der Waals surface area contributed by atoms with Crippen LogP contribution in [0, 0.1) is 6.92 Å². The molecule has 0 fully saturated rings. The molecule has 76 valence electrons. The van der Waals surface area contributed by atoms with Gasteiger partial charge in [0.05, 0.1) is 0 Å². The van der Waals surface area contributed by atoms with Gasteiger partial charge in [-0.2, -0.15) is 0 Å². The first-order valence-electron chi connectivity index (χ1n) is 4.35. The van der Waals surface area contributed by atoms with Gasteiger partial charge in [-0.3, -0.25) is 15.2 Å². The molecule has 0 aliphatic carbocycles. The van der Waals surface area contributed by atoms with Crippen molar-refractivity contribution in [3.63, 3.8) is 0 Å². The van der Waals surface area contributed by atoms with Crippen LogP contribution in [0.2, 0.25) is 0 Å². The second-order valence-electron chi connectivity index (χ2n) is 2.92. The van der Waals surface area contributed by atoms with Crippen LogP contribution in [0.15, 0.2) is 30.9 Å². The summed E-state index contributed by atoms with van der Waals surface area (Å²) < 4.78 is 1.46. The highest BCUT2D eigenvalue weighted by molar-refractivity contribution is 5.99. The quantitative estimate of drug-likeness (QED) is 0.765. The Morgan fingerprint density at radius 3 is 2.73 bits per heavy atom. The summed E-state index contributed by atoms with van der Waals surface area (Å²) in [6, 6.07) is 3.27. The predicted octanol–water partition coefficient (Wildman–Crippen LogP) is 0.365. The van der Waals surface area contributed by atoms with E-state index in [-0.39, 0.29) is 5.91 Å². The second-order valence-corrected chi connectivity index (χ2v) is 2.92. The highest BCUT2D eigenvalue weighted by Crippen LogP contribution is 1.97. The van der Waals surface area contributed by atoms with Crippen LogP contribution in [0.5, 0.6) is 0 Å². The van der Waals surface area contributed by atoms with E-state index in [9.17, 15) is 4.79 Å². The Kier molecular flexibility index (Phi) is 2.40. The van der Waals surface area contributed by atoms with Gasteiger partial charge in [0.25, 0.3) is 5.91 Å². The number of hydrogen-bond acceptors (Lipinski definition) is 4. The molecule has 15 heavy (non-hydrogen) atoms. The van der Waals surface area contributed by atoms with E-state index in [0.717, 1.165) is 0 Å². The van der Waals surface area contributed by atoms with Crippen molar-refractivity contribution in [2.75, 3.05) is 5.43 Å². The topological polar surface area (TPSA) is 72.7 Å². The number of nitrogens with one attached hydrogen (secondary N) is 1. The van der Waals surface area contributed by atoms with Gasteiger partial charge in [-0.05, 0) is 19.1 Å². The van der Waals surface area contributed by atoms with Crippen molar-refractivity contribution in [3.8, 4) is 0 Å². The standard InChI is InChI=1S/C9H9N5O/c1-7-12-11-6-14(7)13-9(15)8-2-4-10-5-3-8/h2-6H,1H3,(H,13,15). The van der Waals surface area contributed by atoms with E-state index in [2.05, 4.69) is 20.6 Å². The van der Waals surface area contributed by atoms with E-state index in [1.165, 1.54) is 11.0 Å². The summed E-state index contributed by atoms with van der Waals surface area (Å²) in [6.45, 7) is 1.75. The minimum atomic E-state index is -0.222. The van der Waals surface area contributed by atoms with Crippen LogP contribution in [0.3, 0.4) is 0 Å². The van der Waals surface area contributed by atoms with Crippen molar-refractivity contribution in [2.24, 2.45) is 0 Å². The van der Waals surface area contributed by atoms with Gasteiger partial charge in [0, 0.05) is 18.0 Å². The van der Waals surface area contributed by atoms with E-state index >= 15 is 0 Å². The minimum Gasteiger partial charge on any atom is -0.267 e. The van der Waals surface area contributed by atoms with Gasteiger partial charge < -0.3 is 0 Å². The molecular weight excluding hydrogens is 194 g/mol. The SMILES string of the molecule is Cc1nncn1NC(=O)c1ccncc1. The minimum absolute atomic E-state index is 0.222. The van der Waals surface area contributed by atoms with Crippen LogP contribution in [0.25, 0.3) is 0 Å². The number of carbonyl (C=O) groups is 1. The molecule has 0 spiro atoms. The second kappa shape index (κ2) is 3.87. The van der Waals surface area contributed by atoms with Crippen molar-refractivity contribution < 1.29 is 4.79 Å². The van der Waals surface area contributed by atoms with Crippen molar-refractivity contribution in [2.45, 2.75) is 6.92 Å². The first-order chi connectivity index (χ1) is 7.27. The fraction of sp³-hybridized carbons (Fsp3) is 0.111. The third-order valence-corrected chi connectivity index (χ3v) is 1.88. The first-order valence-corrected chi connectivity index (χ1v) is 4.35. The van der Waals surface area contributed by atoms with Crippen molar-refractivity contribution >= 4 is 5.91 Å². The normalized spacial score (nSPS) is 9.93. The molecule has 2 heterocycles. The van der Waals surface area contributed by atoms with E-state index in [1.54, 1.807) is 31.5 Å². The van der Waals surface area contributed by atoms with Crippen LogP contribution in [0.1, 0.15) is 16.2 Å². The maximum atomic E-state index is 11.6. The van der Waals surface area contributed by atoms with Crippen molar-refractivity contribution in [1.29, 1.82) is 0 Å². The molecule has 1 amide bonds. The average molecular weight is 203 g/mol. The van der Waals surface area contributed by atoms with Gasteiger partial charge >= 0.3 is 0 Å². The highest BCUT2D eigenvalue weighted by Gasteiger charge is 2.06.